The van der Waals surface area contributed by atoms with Crippen LogP contribution in [-0.4, -0.2) is 125 Å². The number of likely N-dealkylation sites (N-methyl/N-ethyl adjacent to an activating group) is 1. The molecule has 0 aliphatic carbocycles. The lowest BCUT2D eigenvalue weighted by Crippen LogP contribution is -2.57. The molecule has 2 atom stereocenters. The number of piperazine rings is 2. The molecule has 1 N–H and O–H groups in total. The molecule has 1 aromatic carbocycles. The molecular weight excluding hydrogens is 575 g/mol. The molecular formula is C31H38ClFN6O4. The van der Waals surface area contributed by atoms with Gasteiger partial charge in [-0.25, -0.2) is 9.37 Å². The molecule has 0 saturated carbocycles. The highest BCUT2D eigenvalue weighted by Gasteiger charge is 2.47. The van der Waals surface area contributed by atoms with Crippen molar-refractivity contribution >= 4 is 29.2 Å². The number of nitrogens with zero attached hydrogens (tertiary/aromatic N) is 6. The molecule has 2 amide bonds. The van der Waals surface area contributed by atoms with Crippen LogP contribution in [0.15, 0.2) is 30.9 Å². The summed E-state index contributed by atoms with van der Waals surface area (Å²) < 4.78 is 21.6. The first-order valence-corrected chi connectivity index (χ1v) is 15.1. The van der Waals surface area contributed by atoms with E-state index in [0.29, 0.717) is 25.5 Å². The van der Waals surface area contributed by atoms with E-state index in [-0.39, 0.29) is 64.4 Å². The maximum Gasteiger partial charge on any atom is 0.261 e. The van der Waals surface area contributed by atoms with E-state index < -0.39 is 17.4 Å². The van der Waals surface area contributed by atoms with Gasteiger partial charge in [-0.15, -0.1) is 0 Å². The summed E-state index contributed by atoms with van der Waals surface area (Å²) in [4.78, 5) is 42.0. The maximum absolute atomic E-state index is 15.3. The van der Waals surface area contributed by atoms with Crippen LogP contribution in [0.2, 0.25) is 5.02 Å². The number of hydrogen-bond acceptors (Lipinski definition) is 8. The molecule has 0 radical (unpaired) electrons. The van der Waals surface area contributed by atoms with Crippen molar-refractivity contribution in [2.45, 2.75) is 37.9 Å². The summed E-state index contributed by atoms with van der Waals surface area (Å²) in [7, 11) is 2.13. The van der Waals surface area contributed by atoms with Gasteiger partial charge in [-0.05, 0) is 45.5 Å². The van der Waals surface area contributed by atoms with E-state index in [9.17, 15) is 14.7 Å². The van der Waals surface area contributed by atoms with Gasteiger partial charge in [-0.2, -0.15) is 0 Å². The Labute approximate surface area is 256 Å². The first-order valence-electron chi connectivity index (χ1n) is 14.8. The molecule has 43 heavy (non-hydrogen) atoms. The van der Waals surface area contributed by atoms with Crippen LogP contribution in [0.3, 0.4) is 0 Å². The minimum absolute atomic E-state index is 0.0148. The number of amides is 2. The Kier molecular flexibility index (Phi) is 7.76. The van der Waals surface area contributed by atoms with Gasteiger partial charge >= 0.3 is 0 Å². The summed E-state index contributed by atoms with van der Waals surface area (Å²) in [5.41, 5.74) is -0.313. The average molecular weight is 613 g/mol. The standard InChI is InChI=1S/C31H38ClFN6O4/c1-5-23(41)37-13-14-38-20(16-37)18-43-28-25(30(38)42)29(34-27(26(28)32)24-21(33)7-6-8-22(24)40)39-17-19(15-31(39,2)3)36-11-9-35(4)10-12-36/h5-8,19-20,40H,1,9-18H2,2-4H3/t19-,20+/m0/s1. The predicted molar refractivity (Wildman–Crippen MR) is 162 cm³/mol. The number of carbonyl (C=O) groups is 2. The molecule has 230 valence electrons. The first kappa shape index (κ1) is 29.7. The fourth-order valence-corrected chi connectivity index (χ4v) is 7.18. The van der Waals surface area contributed by atoms with E-state index in [2.05, 4.69) is 42.2 Å². The number of phenolic OH excluding ortho intramolecular Hbond substituents is 1. The van der Waals surface area contributed by atoms with E-state index >= 15 is 4.39 Å². The van der Waals surface area contributed by atoms with Crippen molar-refractivity contribution in [2.24, 2.45) is 0 Å². The number of ether oxygens (including phenoxy) is 1. The second kappa shape index (κ2) is 11.3. The minimum atomic E-state index is -0.688. The zero-order valence-electron chi connectivity index (χ0n) is 24.9. The van der Waals surface area contributed by atoms with E-state index in [4.69, 9.17) is 21.3 Å². The van der Waals surface area contributed by atoms with Gasteiger partial charge in [-0.3, -0.25) is 14.5 Å². The fraction of sp³-hybridized carbons (Fsp3) is 0.516. The van der Waals surface area contributed by atoms with Crippen LogP contribution in [0.25, 0.3) is 11.3 Å². The number of phenols is 1. The van der Waals surface area contributed by atoms with Crippen LogP contribution in [0, 0.1) is 5.82 Å². The number of halogens is 2. The summed E-state index contributed by atoms with van der Waals surface area (Å²) in [6.07, 6.45) is 2.11. The third-order valence-electron chi connectivity index (χ3n) is 9.34. The number of carbonyl (C=O) groups excluding carboxylic acids is 2. The Morgan fingerprint density at radius 1 is 1.14 bits per heavy atom. The molecule has 5 heterocycles. The third kappa shape index (κ3) is 5.21. The van der Waals surface area contributed by atoms with Crippen LogP contribution in [-0.2, 0) is 4.79 Å². The predicted octanol–water partition coefficient (Wildman–Crippen LogP) is 3.08. The lowest BCUT2D eigenvalue weighted by atomic mass is 9.98. The minimum Gasteiger partial charge on any atom is -0.507 e. The molecule has 1 aromatic heterocycles. The normalized spacial score (nSPS) is 24.3. The van der Waals surface area contributed by atoms with Crippen molar-refractivity contribution in [1.82, 2.24) is 24.6 Å². The molecule has 12 heteroatoms. The van der Waals surface area contributed by atoms with Crippen LogP contribution < -0.4 is 9.64 Å². The van der Waals surface area contributed by atoms with Crippen molar-refractivity contribution in [3.05, 3.63) is 47.3 Å². The largest absolute Gasteiger partial charge is 0.507 e. The zero-order chi connectivity index (χ0) is 30.6. The van der Waals surface area contributed by atoms with Gasteiger partial charge < -0.3 is 29.4 Å². The lowest BCUT2D eigenvalue weighted by Gasteiger charge is -2.40. The van der Waals surface area contributed by atoms with Gasteiger partial charge in [-0.1, -0.05) is 24.2 Å². The number of aromatic nitrogens is 1. The fourth-order valence-electron chi connectivity index (χ4n) is 6.90. The highest BCUT2D eigenvalue weighted by atomic mass is 35.5. The number of anilines is 1. The zero-order valence-corrected chi connectivity index (χ0v) is 25.6. The van der Waals surface area contributed by atoms with Gasteiger partial charge in [0.05, 0.1) is 11.6 Å². The maximum atomic E-state index is 15.3. The Morgan fingerprint density at radius 3 is 2.58 bits per heavy atom. The van der Waals surface area contributed by atoms with E-state index in [1.54, 1.807) is 9.80 Å². The smallest absolute Gasteiger partial charge is 0.261 e. The summed E-state index contributed by atoms with van der Waals surface area (Å²) >= 11 is 6.91. The molecule has 10 nitrogen and oxygen atoms in total. The monoisotopic (exact) mass is 612 g/mol. The molecule has 0 unspecified atom stereocenters. The number of rotatable bonds is 4. The average Bonchev–Trinajstić information content (AvgIpc) is 3.22. The van der Waals surface area contributed by atoms with E-state index in [1.807, 2.05) is 0 Å². The van der Waals surface area contributed by atoms with Gasteiger partial charge in [0.1, 0.15) is 40.3 Å². The van der Waals surface area contributed by atoms with Crippen molar-refractivity contribution < 1.29 is 23.8 Å². The van der Waals surface area contributed by atoms with E-state index in [0.717, 1.165) is 32.6 Å². The topological polar surface area (TPSA) is 92.7 Å². The summed E-state index contributed by atoms with van der Waals surface area (Å²) in [6, 6.07) is 3.83. The molecule has 6 rings (SSSR count). The second-order valence-electron chi connectivity index (χ2n) is 12.5. The number of benzene rings is 1. The summed E-state index contributed by atoms with van der Waals surface area (Å²) in [5.74, 6) is -1.03. The van der Waals surface area contributed by atoms with Crippen LogP contribution >= 0.6 is 11.6 Å². The van der Waals surface area contributed by atoms with Crippen LogP contribution in [0.5, 0.6) is 11.5 Å². The third-order valence-corrected chi connectivity index (χ3v) is 9.69. The lowest BCUT2D eigenvalue weighted by molar-refractivity contribution is -0.128. The molecule has 3 saturated heterocycles. The molecule has 2 aromatic rings. The molecule has 4 aliphatic rings. The van der Waals surface area contributed by atoms with Crippen LogP contribution in [0.1, 0.15) is 30.6 Å². The highest BCUT2D eigenvalue weighted by molar-refractivity contribution is 6.35. The Balaban J connectivity index is 1.47. The number of aromatic hydroxyl groups is 1. The SMILES string of the molecule is C=CC(=O)N1CCN2C(=O)c3c(N4C[C@@H](N5CCN(C)CC5)CC4(C)C)nc(-c4c(O)cccc4F)c(Cl)c3OC[C@H]2C1. The molecule has 0 spiro atoms. The van der Waals surface area contributed by atoms with Gasteiger partial charge in [0, 0.05) is 63.9 Å². The summed E-state index contributed by atoms with van der Waals surface area (Å²) in [5, 5.41) is 10.7. The first-order chi connectivity index (χ1) is 20.5. The summed E-state index contributed by atoms with van der Waals surface area (Å²) in [6.45, 7) is 13.3. The van der Waals surface area contributed by atoms with Gasteiger partial charge in [0.25, 0.3) is 5.91 Å². The Hall–Kier alpha value is -3.41. The number of hydrogen-bond donors (Lipinski definition) is 1. The molecule has 4 aliphatic heterocycles. The Bertz CT molecular complexity index is 1440. The highest BCUT2D eigenvalue weighted by Crippen LogP contribution is 2.48. The van der Waals surface area contributed by atoms with E-state index in [1.165, 1.54) is 24.3 Å². The quantitative estimate of drug-likeness (QED) is 0.527. The van der Waals surface area contributed by atoms with Crippen LogP contribution in [0.4, 0.5) is 10.2 Å². The Morgan fingerprint density at radius 2 is 1.88 bits per heavy atom. The van der Waals surface area contributed by atoms with Crippen molar-refractivity contribution in [3.63, 3.8) is 0 Å². The van der Waals surface area contributed by atoms with Crippen molar-refractivity contribution in [1.29, 1.82) is 0 Å². The molecule has 0 bridgehead atoms. The number of pyridine rings is 1. The van der Waals surface area contributed by atoms with Gasteiger partial charge in [0.15, 0.2) is 5.75 Å². The van der Waals surface area contributed by atoms with Gasteiger partial charge in [0.2, 0.25) is 5.91 Å². The van der Waals surface area contributed by atoms with Crippen molar-refractivity contribution in [2.75, 3.05) is 70.9 Å². The second-order valence-corrected chi connectivity index (χ2v) is 12.9. The number of fused-ring (bicyclic) bond motifs is 2. The molecule has 3 fully saturated rings. The van der Waals surface area contributed by atoms with Crippen molar-refractivity contribution in [3.8, 4) is 22.8 Å².